The Morgan fingerprint density at radius 2 is 2.13 bits per heavy atom. The van der Waals surface area contributed by atoms with Gasteiger partial charge < -0.3 is 14.4 Å². The number of pyridine rings is 1. The summed E-state index contributed by atoms with van der Waals surface area (Å²) in [5, 5.41) is 0. The highest BCUT2D eigenvalue weighted by Gasteiger charge is 2.47. The van der Waals surface area contributed by atoms with E-state index in [1.54, 1.807) is 6.20 Å². The highest BCUT2D eigenvalue weighted by atomic mass is 16.5. The second-order valence-electron chi connectivity index (χ2n) is 6.19. The van der Waals surface area contributed by atoms with E-state index >= 15 is 0 Å². The SMILES string of the molecule is Cc1cnc(N2C[C@H](OCc3cccnc3)[C@H]3COC[C@H]32)nc1. The molecule has 0 radical (unpaired) electrons. The monoisotopic (exact) mass is 312 g/mol. The number of fused-ring (bicyclic) bond motifs is 1. The minimum atomic E-state index is 0.132. The minimum Gasteiger partial charge on any atom is -0.379 e. The van der Waals surface area contributed by atoms with Gasteiger partial charge in [-0.25, -0.2) is 9.97 Å². The zero-order valence-electron chi connectivity index (χ0n) is 13.1. The molecule has 4 heterocycles. The number of rotatable bonds is 4. The van der Waals surface area contributed by atoms with E-state index in [0.29, 0.717) is 25.2 Å². The summed E-state index contributed by atoms with van der Waals surface area (Å²) >= 11 is 0. The average Bonchev–Trinajstić information content (AvgIpc) is 3.18. The number of aryl methyl sites for hydroxylation is 1. The normalized spacial score (nSPS) is 26.5. The van der Waals surface area contributed by atoms with Crippen molar-refractivity contribution < 1.29 is 9.47 Å². The van der Waals surface area contributed by atoms with Gasteiger partial charge in [-0.1, -0.05) is 6.07 Å². The highest BCUT2D eigenvalue weighted by Crippen LogP contribution is 2.34. The van der Waals surface area contributed by atoms with Gasteiger partial charge in [0.2, 0.25) is 5.95 Å². The van der Waals surface area contributed by atoms with Crippen LogP contribution in [0.15, 0.2) is 36.9 Å². The molecule has 0 unspecified atom stereocenters. The maximum atomic E-state index is 6.16. The Balaban J connectivity index is 1.47. The van der Waals surface area contributed by atoms with E-state index in [1.807, 2.05) is 37.6 Å². The molecule has 2 aromatic heterocycles. The Morgan fingerprint density at radius 1 is 1.26 bits per heavy atom. The van der Waals surface area contributed by atoms with Gasteiger partial charge in [-0.3, -0.25) is 4.98 Å². The van der Waals surface area contributed by atoms with Crippen LogP contribution < -0.4 is 4.90 Å². The molecular formula is C17H20N4O2. The van der Waals surface area contributed by atoms with Crippen molar-refractivity contribution in [1.82, 2.24) is 15.0 Å². The lowest BCUT2D eigenvalue weighted by atomic mass is 10.0. The summed E-state index contributed by atoms with van der Waals surface area (Å²) in [5.41, 5.74) is 2.16. The van der Waals surface area contributed by atoms with Crippen molar-refractivity contribution >= 4 is 5.95 Å². The number of aromatic nitrogens is 3. The zero-order chi connectivity index (χ0) is 15.6. The van der Waals surface area contributed by atoms with Gasteiger partial charge in [-0.2, -0.15) is 0 Å². The molecule has 23 heavy (non-hydrogen) atoms. The lowest BCUT2D eigenvalue weighted by Gasteiger charge is -2.22. The van der Waals surface area contributed by atoms with Crippen molar-refractivity contribution in [3.05, 3.63) is 48.0 Å². The smallest absolute Gasteiger partial charge is 0.225 e. The first-order chi connectivity index (χ1) is 11.3. The summed E-state index contributed by atoms with van der Waals surface area (Å²) in [6, 6.07) is 4.27. The molecule has 3 atom stereocenters. The Kier molecular flexibility index (Phi) is 3.93. The Hall–Kier alpha value is -2.05. The second kappa shape index (κ2) is 6.22. The predicted octanol–water partition coefficient (Wildman–Crippen LogP) is 1.60. The standard InChI is InChI=1S/C17H20N4O2/c1-12-5-19-17(20-6-12)21-8-16(14-10-22-11-15(14)21)23-9-13-3-2-4-18-7-13/h2-7,14-16H,8-11H2,1H3/t14-,15+,16-/m0/s1. The molecule has 120 valence electrons. The highest BCUT2D eigenvalue weighted by molar-refractivity contribution is 5.36. The van der Waals surface area contributed by atoms with Crippen molar-refractivity contribution in [2.24, 2.45) is 5.92 Å². The number of anilines is 1. The zero-order valence-corrected chi connectivity index (χ0v) is 13.1. The summed E-state index contributed by atoms with van der Waals surface area (Å²) in [6.45, 7) is 4.83. The Morgan fingerprint density at radius 3 is 2.91 bits per heavy atom. The van der Waals surface area contributed by atoms with Gasteiger partial charge in [0.1, 0.15) is 0 Å². The van der Waals surface area contributed by atoms with E-state index in [1.165, 1.54) is 0 Å². The van der Waals surface area contributed by atoms with Crippen LogP contribution in [0.25, 0.3) is 0 Å². The van der Waals surface area contributed by atoms with Crippen LogP contribution in [0.3, 0.4) is 0 Å². The van der Waals surface area contributed by atoms with Crippen LogP contribution in [0, 0.1) is 12.8 Å². The van der Waals surface area contributed by atoms with E-state index in [0.717, 1.165) is 30.2 Å². The third-order valence-corrected chi connectivity index (χ3v) is 4.56. The summed E-state index contributed by atoms with van der Waals surface area (Å²) in [5.74, 6) is 1.14. The van der Waals surface area contributed by atoms with E-state index in [2.05, 4.69) is 19.9 Å². The number of nitrogens with zero attached hydrogens (tertiary/aromatic N) is 4. The maximum absolute atomic E-state index is 6.16. The minimum absolute atomic E-state index is 0.132. The van der Waals surface area contributed by atoms with Crippen LogP contribution in [-0.4, -0.2) is 46.9 Å². The van der Waals surface area contributed by atoms with Crippen LogP contribution in [0.2, 0.25) is 0 Å². The van der Waals surface area contributed by atoms with E-state index in [-0.39, 0.29) is 6.10 Å². The molecule has 2 aliphatic rings. The number of hydrogen-bond donors (Lipinski definition) is 0. The van der Waals surface area contributed by atoms with Gasteiger partial charge in [-0.05, 0) is 24.1 Å². The summed E-state index contributed by atoms with van der Waals surface area (Å²) in [7, 11) is 0. The fourth-order valence-electron chi connectivity index (χ4n) is 3.33. The van der Waals surface area contributed by atoms with Crippen LogP contribution in [0.1, 0.15) is 11.1 Å². The number of hydrogen-bond acceptors (Lipinski definition) is 6. The molecule has 0 N–H and O–H groups in total. The first-order valence-corrected chi connectivity index (χ1v) is 7.95. The molecule has 2 aromatic rings. The largest absolute Gasteiger partial charge is 0.379 e. The van der Waals surface area contributed by atoms with Crippen LogP contribution in [-0.2, 0) is 16.1 Å². The van der Waals surface area contributed by atoms with Gasteiger partial charge in [0.05, 0.1) is 32.0 Å². The van der Waals surface area contributed by atoms with Crippen molar-refractivity contribution in [2.45, 2.75) is 25.7 Å². The lowest BCUT2D eigenvalue weighted by Crippen LogP contribution is -2.34. The van der Waals surface area contributed by atoms with Gasteiger partial charge in [0.15, 0.2) is 0 Å². The molecule has 4 rings (SSSR count). The van der Waals surface area contributed by atoms with Gasteiger partial charge >= 0.3 is 0 Å². The first kappa shape index (κ1) is 14.5. The quantitative estimate of drug-likeness (QED) is 0.854. The molecule has 2 saturated heterocycles. The average molecular weight is 312 g/mol. The molecule has 0 aromatic carbocycles. The van der Waals surface area contributed by atoms with Crippen molar-refractivity contribution in [3.63, 3.8) is 0 Å². The molecule has 0 aliphatic carbocycles. The molecule has 0 spiro atoms. The molecule has 2 fully saturated rings. The van der Waals surface area contributed by atoms with Gasteiger partial charge in [-0.15, -0.1) is 0 Å². The predicted molar refractivity (Wildman–Crippen MR) is 85.0 cm³/mol. The topological polar surface area (TPSA) is 60.4 Å². The van der Waals surface area contributed by atoms with Gasteiger partial charge in [0, 0.05) is 37.3 Å². The molecule has 0 amide bonds. The van der Waals surface area contributed by atoms with E-state index in [9.17, 15) is 0 Å². The Labute approximate surface area is 135 Å². The third kappa shape index (κ3) is 2.92. The Bertz CT molecular complexity index is 649. The maximum Gasteiger partial charge on any atom is 0.225 e. The van der Waals surface area contributed by atoms with Crippen LogP contribution >= 0.6 is 0 Å². The molecule has 0 bridgehead atoms. The van der Waals surface area contributed by atoms with Crippen molar-refractivity contribution in [3.8, 4) is 0 Å². The van der Waals surface area contributed by atoms with Crippen molar-refractivity contribution in [1.29, 1.82) is 0 Å². The van der Waals surface area contributed by atoms with Crippen LogP contribution in [0.5, 0.6) is 0 Å². The number of ether oxygens (including phenoxy) is 2. The molecule has 6 heteroatoms. The molecule has 6 nitrogen and oxygen atoms in total. The van der Waals surface area contributed by atoms with Gasteiger partial charge in [0.25, 0.3) is 0 Å². The second-order valence-corrected chi connectivity index (χ2v) is 6.19. The van der Waals surface area contributed by atoms with E-state index in [4.69, 9.17) is 9.47 Å². The summed E-state index contributed by atoms with van der Waals surface area (Å²) in [4.78, 5) is 15.3. The van der Waals surface area contributed by atoms with E-state index < -0.39 is 0 Å². The molecular weight excluding hydrogens is 292 g/mol. The molecule has 2 aliphatic heterocycles. The fraction of sp³-hybridized carbons (Fsp3) is 0.471. The lowest BCUT2D eigenvalue weighted by molar-refractivity contribution is 0.0159. The summed E-state index contributed by atoms with van der Waals surface area (Å²) < 4.78 is 11.8. The van der Waals surface area contributed by atoms with Crippen molar-refractivity contribution in [2.75, 3.05) is 24.7 Å². The fourth-order valence-corrected chi connectivity index (χ4v) is 3.33. The molecule has 0 saturated carbocycles. The first-order valence-electron chi connectivity index (χ1n) is 7.95. The third-order valence-electron chi connectivity index (χ3n) is 4.56. The van der Waals surface area contributed by atoms with Crippen LogP contribution in [0.4, 0.5) is 5.95 Å². The summed E-state index contributed by atoms with van der Waals surface area (Å²) in [6.07, 6.45) is 7.47.